The van der Waals surface area contributed by atoms with E-state index in [1.165, 1.54) is 35.5 Å². The number of likely N-dealkylation sites (tertiary alicyclic amines) is 2. The summed E-state index contributed by atoms with van der Waals surface area (Å²) in [6.07, 6.45) is 3.75. The Kier molecular flexibility index (Phi) is 13.0. The highest BCUT2D eigenvalue weighted by Gasteiger charge is 2.26. The number of carbonyl (C=O) groups is 1. The van der Waals surface area contributed by atoms with Crippen LogP contribution in [-0.4, -0.2) is 109 Å². The summed E-state index contributed by atoms with van der Waals surface area (Å²) in [5.41, 5.74) is 2.47. The van der Waals surface area contributed by atoms with Crippen molar-refractivity contribution in [3.63, 3.8) is 0 Å². The molecule has 6 heterocycles. The Morgan fingerprint density at radius 3 is 1.52 bits per heavy atom. The number of halogens is 2. The number of para-hydroxylation sites is 2. The van der Waals surface area contributed by atoms with Gasteiger partial charge >= 0.3 is 0 Å². The molecule has 0 bridgehead atoms. The number of carbonyl (C=O) groups excluding carboxylic acids is 1. The molecule has 0 amide bonds. The van der Waals surface area contributed by atoms with Crippen molar-refractivity contribution in [2.24, 2.45) is 11.8 Å². The van der Waals surface area contributed by atoms with Crippen molar-refractivity contribution < 1.29 is 27.4 Å². The van der Waals surface area contributed by atoms with Crippen molar-refractivity contribution in [3.8, 4) is 11.9 Å². The highest BCUT2D eigenvalue weighted by molar-refractivity contribution is 5.85. The molecule has 6 aromatic rings. The van der Waals surface area contributed by atoms with Gasteiger partial charge in [-0.15, -0.1) is 0 Å². The molecular weight excluding hydrogens is 723 g/mol. The van der Waals surface area contributed by atoms with Crippen molar-refractivity contribution in [3.05, 3.63) is 71.2 Å². The Morgan fingerprint density at radius 2 is 1.20 bits per heavy atom. The fourth-order valence-electron chi connectivity index (χ4n) is 7.35. The molecule has 16 heteroatoms. The van der Waals surface area contributed by atoms with Gasteiger partial charge in [0.2, 0.25) is 11.8 Å². The number of methoxy groups -OCH3 is 1. The van der Waals surface area contributed by atoms with Crippen LogP contribution in [-0.2, 0) is 22.4 Å². The molecule has 0 N–H and O–H groups in total. The van der Waals surface area contributed by atoms with Crippen LogP contribution in [0.25, 0.3) is 33.7 Å². The maximum atomic E-state index is 14.4. The van der Waals surface area contributed by atoms with E-state index in [1.807, 2.05) is 39.8 Å². The Bertz CT molecular complexity index is 2090. The lowest BCUT2D eigenvalue weighted by atomic mass is 10.1. The van der Waals surface area contributed by atoms with E-state index in [0.29, 0.717) is 46.5 Å². The standard InChI is InChI=1S/2C18H22FN5O.C4H8O2/c2*1-11(2)16-13-5-4-6-14(19)17(13)24(21-16)18-20-15(25-22-18)9-12-7-8-23(3)10-12;1-4(5)3-6-2/h2*4-6,11-12H,7-10H2,1-3H3;3H2,1-2H3/t2*12-;/m00./s1. The number of ketones is 1. The topological polar surface area (TPSA) is 146 Å². The van der Waals surface area contributed by atoms with E-state index in [-0.39, 0.29) is 35.9 Å². The largest absolute Gasteiger partial charge is 0.377 e. The SMILES string of the molecule is CC(C)c1nn(-c2noc(C[C@@H]3CCN(C)C3)n2)c2c(F)cccc12.CC(C)c1nn(-c2noc(C[C@@H]3CCN(C)C3)n2)c2c(F)cccc12.COCC(C)=O. The maximum absolute atomic E-state index is 14.4. The van der Waals surface area contributed by atoms with E-state index in [0.717, 1.165) is 74.0 Å². The zero-order valence-electron chi connectivity index (χ0n) is 33.5. The molecule has 2 aromatic carbocycles. The summed E-state index contributed by atoms with van der Waals surface area (Å²) in [4.78, 5) is 23.5. The quantitative estimate of drug-likeness (QED) is 0.149. The highest BCUT2D eigenvalue weighted by Crippen LogP contribution is 2.30. The number of Topliss-reactive ketones (excluding diaryl/α,β-unsaturated/α-hetero) is 1. The summed E-state index contributed by atoms with van der Waals surface area (Å²) in [7, 11) is 5.73. The van der Waals surface area contributed by atoms with Crippen LogP contribution in [0.4, 0.5) is 8.78 Å². The van der Waals surface area contributed by atoms with Gasteiger partial charge in [-0.3, -0.25) is 4.79 Å². The number of benzene rings is 2. The van der Waals surface area contributed by atoms with E-state index in [4.69, 9.17) is 9.05 Å². The van der Waals surface area contributed by atoms with E-state index >= 15 is 0 Å². The highest BCUT2D eigenvalue weighted by atomic mass is 19.1. The molecule has 14 nitrogen and oxygen atoms in total. The van der Waals surface area contributed by atoms with E-state index in [2.05, 4.69) is 59.1 Å². The second kappa shape index (κ2) is 17.9. The lowest BCUT2D eigenvalue weighted by molar-refractivity contribution is -0.120. The minimum atomic E-state index is -0.333. The van der Waals surface area contributed by atoms with Gasteiger partial charge in [0.25, 0.3) is 11.9 Å². The molecule has 2 aliphatic rings. The van der Waals surface area contributed by atoms with Crippen LogP contribution in [0.3, 0.4) is 0 Å². The molecule has 0 aliphatic carbocycles. The minimum absolute atomic E-state index is 0.0671. The number of fused-ring (bicyclic) bond motifs is 2. The van der Waals surface area contributed by atoms with Crippen LogP contribution in [0, 0.1) is 23.5 Å². The van der Waals surface area contributed by atoms with Crippen LogP contribution in [0.1, 0.15) is 82.5 Å². The first kappa shape index (κ1) is 40.7. The van der Waals surface area contributed by atoms with Gasteiger partial charge in [-0.2, -0.15) is 29.5 Å². The molecule has 0 radical (unpaired) electrons. The summed E-state index contributed by atoms with van der Waals surface area (Å²) in [6, 6.07) is 10.0. The van der Waals surface area contributed by atoms with Crippen molar-refractivity contribution in [2.75, 3.05) is 54.0 Å². The molecule has 0 spiro atoms. The number of aromatic nitrogens is 8. The number of ether oxygens (including phenoxy) is 1. The van der Waals surface area contributed by atoms with Gasteiger partial charge in [-0.25, -0.2) is 8.78 Å². The third-order valence-corrected chi connectivity index (χ3v) is 10.0. The van der Waals surface area contributed by atoms with Crippen molar-refractivity contribution in [2.45, 2.75) is 72.1 Å². The van der Waals surface area contributed by atoms with Gasteiger partial charge in [0.1, 0.15) is 29.3 Å². The van der Waals surface area contributed by atoms with E-state index < -0.39 is 0 Å². The van der Waals surface area contributed by atoms with E-state index in [1.54, 1.807) is 12.1 Å². The molecule has 4 aromatic heterocycles. The first-order chi connectivity index (χ1) is 26.8. The summed E-state index contributed by atoms with van der Waals surface area (Å²) >= 11 is 0. The zero-order valence-corrected chi connectivity index (χ0v) is 33.5. The van der Waals surface area contributed by atoms with Gasteiger partial charge in [0.05, 0.1) is 11.4 Å². The fourth-order valence-corrected chi connectivity index (χ4v) is 7.35. The van der Waals surface area contributed by atoms with Gasteiger partial charge in [-0.1, -0.05) is 52.0 Å². The van der Waals surface area contributed by atoms with Crippen LogP contribution in [0.15, 0.2) is 45.4 Å². The smallest absolute Gasteiger partial charge is 0.291 e. The van der Waals surface area contributed by atoms with Crippen molar-refractivity contribution in [1.82, 2.24) is 49.6 Å². The third-order valence-electron chi connectivity index (χ3n) is 10.0. The summed E-state index contributed by atoms with van der Waals surface area (Å²) in [5, 5.41) is 18.8. The lowest BCUT2D eigenvalue weighted by Crippen LogP contribution is -2.15. The lowest BCUT2D eigenvalue weighted by Gasteiger charge is -2.06. The van der Waals surface area contributed by atoms with Crippen LogP contribution >= 0.6 is 0 Å². The van der Waals surface area contributed by atoms with Crippen molar-refractivity contribution in [1.29, 1.82) is 0 Å². The zero-order chi connectivity index (χ0) is 40.1. The molecular formula is C40H52F2N10O4. The third kappa shape index (κ3) is 9.36. The maximum Gasteiger partial charge on any atom is 0.291 e. The van der Waals surface area contributed by atoms with Crippen LogP contribution < -0.4 is 0 Å². The number of hydrogen-bond donors (Lipinski definition) is 0. The predicted molar refractivity (Wildman–Crippen MR) is 207 cm³/mol. The average Bonchev–Trinajstić information content (AvgIpc) is 3.99. The fraction of sp³-hybridized carbons (Fsp3) is 0.525. The van der Waals surface area contributed by atoms with E-state index in [9.17, 15) is 13.6 Å². The van der Waals surface area contributed by atoms with Gasteiger partial charge in [-0.05, 0) is 93.1 Å². The molecule has 2 aliphatic heterocycles. The average molecular weight is 775 g/mol. The summed E-state index contributed by atoms with van der Waals surface area (Å²) in [6.45, 7) is 14.1. The summed E-state index contributed by atoms with van der Waals surface area (Å²) in [5.74, 6) is 2.55. The Balaban J connectivity index is 0.000000166. The first-order valence-corrected chi connectivity index (χ1v) is 19.2. The number of hydrogen-bond acceptors (Lipinski definition) is 12. The molecule has 0 saturated carbocycles. The molecule has 300 valence electrons. The van der Waals surface area contributed by atoms with Gasteiger partial charge < -0.3 is 23.6 Å². The normalized spacial score (nSPS) is 17.6. The number of rotatable bonds is 10. The molecule has 56 heavy (non-hydrogen) atoms. The Labute approximate surface area is 325 Å². The van der Waals surface area contributed by atoms with Crippen LogP contribution in [0.2, 0.25) is 0 Å². The Morgan fingerprint density at radius 1 is 0.768 bits per heavy atom. The summed E-state index contributed by atoms with van der Waals surface area (Å²) < 4.78 is 47.1. The molecule has 8 rings (SSSR count). The second-order valence-electron chi connectivity index (χ2n) is 15.5. The molecule has 2 saturated heterocycles. The second-order valence-corrected chi connectivity index (χ2v) is 15.5. The number of nitrogens with zero attached hydrogens (tertiary/aromatic N) is 10. The molecule has 2 atom stereocenters. The predicted octanol–water partition coefficient (Wildman–Crippen LogP) is 6.55. The van der Waals surface area contributed by atoms with Gasteiger partial charge in [0.15, 0.2) is 5.78 Å². The minimum Gasteiger partial charge on any atom is -0.377 e. The molecule has 2 fully saturated rings. The first-order valence-electron chi connectivity index (χ1n) is 19.2. The van der Waals surface area contributed by atoms with Gasteiger partial charge in [0, 0.05) is 43.8 Å². The van der Waals surface area contributed by atoms with Crippen LogP contribution in [0.5, 0.6) is 0 Å². The van der Waals surface area contributed by atoms with Crippen molar-refractivity contribution >= 4 is 27.6 Å². The molecule has 0 unspecified atom stereocenters. The monoisotopic (exact) mass is 774 g/mol. The Hall–Kier alpha value is -4.93.